The largest absolute Gasteiger partial charge is 0.543 e. The van der Waals surface area contributed by atoms with Crippen molar-refractivity contribution in [3.63, 3.8) is 0 Å². The Kier molecular flexibility index (Phi) is 6.98. The predicted octanol–water partition coefficient (Wildman–Crippen LogP) is -2.32. The number of β-lactam (4-membered cyclic amide) rings is 1. The van der Waals surface area contributed by atoms with E-state index < -0.39 is 29.2 Å². The maximum atomic E-state index is 13.0. The fraction of sp³-hybridized carbons (Fsp3) is 0.350. The molecule has 0 radical (unpaired) electrons. The maximum absolute atomic E-state index is 13.0. The number of nitrogens with zero attached hydrogens (tertiary/aromatic N) is 5. The van der Waals surface area contributed by atoms with E-state index in [4.69, 9.17) is 10.6 Å². The van der Waals surface area contributed by atoms with Crippen LogP contribution in [0, 0.1) is 6.92 Å². The van der Waals surface area contributed by atoms with Crippen LogP contribution in [-0.4, -0.2) is 68.7 Å². The van der Waals surface area contributed by atoms with Crippen molar-refractivity contribution in [3.8, 4) is 0 Å². The first-order chi connectivity index (χ1) is 17.2. The normalized spacial score (nSPS) is 19.5. The minimum absolute atomic E-state index is 0.150. The van der Waals surface area contributed by atoms with Crippen LogP contribution < -0.4 is 26.2 Å². The second kappa shape index (κ2) is 9.98. The average molecular weight is 535 g/mol. The molecule has 0 bridgehead atoms. The van der Waals surface area contributed by atoms with Gasteiger partial charge in [0.2, 0.25) is 12.6 Å². The van der Waals surface area contributed by atoms with Crippen LogP contribution in [0.5, 0.6) is 0 Å². The van der Waals surface area contributed by atoms with Gasteiger partial charge in [-0.2, -0.15) is 0 Å². The number of aromatic nitrogens is 3. The standard InChI is InChI=1S/C20H22N8O6S2/c1-9-4-27(26(2)15(9)22-8-29)5-10-6-35-18-13(17(31)28(18)14(10)19(32)33)24-16(30)12(25-34-3)11-7-36-20(21)23-11/h4,7-8,13,18H,5-6H2,1-3H3,(H4,21,23,24,30,32,33)/t13-,18-/m1/s1. The first-order valence-corrected chi connectivity index (χ1v) is 12.4. The van der Waals surface area contributed by atoms with Crippen molar-refractivity contribution in [2.24, 2.45) is 12.2 Å². The topological polar surface area (TPSA) is 188 Å². The number of fused-ring (bicyclic) bond motifs is 1. The van der Waals surface area contributed by atoms with Crippen LogP contribution in [0.4, 0.5) is 10.9 Å². The summed E-state index contributed by atoms with van der Waals surface area (Å²) in [7, 11) is 2.98. The maximum Gasteiger partial charge on any atom is 0.276 e. The van der Waals surface area contributed by atoms with Crippen molar-refractivity contribution in [2.75, 3.05) is 23.9 Å². The highest BCUT2D eigenvalue weighted by Crippen LogP contribution is 2.40. The molecule has 4 rings (SSSR count). The molecule has 1 saturated heterocycles. The van der Waals surface area contributed by atoms with Gasteiger partial charge in [-0.15, -0.1) is 32.5 Å². The molecule has 3 amide bonds. The number of carboxylic acid groups (broad SMARTS) is 1. The summed E-state index contributed by atoms with van der Waals surface area (Å²) >= 11 is 2.42. The van der Waals surface area contributed by atoms with Gasteiger partial charge in [0.25, 0.3) is 11.8 Å². The number of nitrogen functional groups attached to an aromatic ring is 1. The summed E-state index contributed by atoms with van der Waals surface area (Å²) in [5.74, 6) is -1.97. The van der Waals surface area contributed by atoms with Crippen LogP contribution in [0.3, 0.4) is 0 Å². The first kappa shape index (κ1) is 25.2. The quantitative estimate of drug-likeness (QED) is 0.104. The van der Waals surface area contributed by atoms with Crippen LogP contribution in [0.2, 0.25) is 0 Å². The third-order valence-corrected chi connectivity index (χ3v) is 7.68. The molecule has 0 unspecified atom stereocenters. The number of thiazole rings is 1. The molecule has 2 aliphatic rings. The van der Waals surface area contributed by atoms with Crippen molar-refractivity contribution in [2.45, 2.75) is 24.9 Å². The SMILES string of the molecule is CON=C(C(=O)N[C@@H]1C(=O)N2C(C(=O)[O-])=C(C[n+]3cc(C)c(NC=O)n3C)CS[C@H]12)c1csc(N)n1. The summed E-state index contributed by atoms with van der Waals surface area (Å²) in [6.45, 7) is 1.95. The summed E-state index contributed by atoms with van der Waals surface area (Å²) in [6.07, 6.45) is 2.31. The molecule has 2 aromatic heterocycles. The number of nitrogens with two attached hydrogens (primary N) is 1. The first-order valence-electron chi connectivity index (χ1n) is 10.5. The lowest BCUT2D eigenvalue weighted by Gasteiger charge is -2.50. The Balaban J connectivity index is 1.55. The third-order valence-electron chi connectivity index (χ3n) is 5.66. The monoisotopic (exact) mass is 534 g/mol. The fourth-order valence-electron chi connectivity index (χ4n) is 4.06. The molecule has 2 atom stereocenters. The van der Waals surface area contributed by atoms with Crippen molar-refractivity contribution in [1.82, 2.24) is 19.9 Å². The Morgan fingerprint density at radius 2 is 2.22 bits per heavy atom. The Bertz CT molecular complexity index is 1320. The molecule has 190 valence electrons. The number of carbonyl (C=O) groups is 4. The summed E-state index contributed by atoms with van der Waals surface area (Å²) in [5.41, 5.74) is 6.66. The number of aliphatic carboxylic acids is 1. The number of nitrogens with one attached hydrogen (secondary N) is 2. The van der Waals surface area contributed by atoms with Crippen LogP contribution in [-0.2, 0) is 37.6 Å². The summed E-state index contributed by atoms with van der Waals surface area (Å²) in [4.78, 5) is 58.7. The Labute approximate surface area is 212 Å². The van der Waals surface area contributed by atoms with E-state index in [1.165, 1.54) is 24.3 Å². The second-order valence-electron chi connectivity index (χ2n) is 7.84. The highest BCUT2D eigenvalue weighted by Gasteiger charge is 2.53. The molecule has 16 heteroatoms. The molecule has 4 heterocycles. The van der Waals surface area contributed by atoms with Gasteiger partial charge in [0.1, 0.15) is 24.2 Å². The van der Waals surface area contributed by atoms with Crippen molar-refractivity contribution in [3.05, 3.63) is 34.1 Å². The minimum atomic E-state index is -1.49. The molecule has 0 spiro atoms. The van der Waals surface area contributed by atoms with Gasteiger partial charge in [0.05, 0.1) is 24.3 Å². The molecule has 1 fully saturated rings. The highest BCUT2D eigenvalue weighted by atomic mass is 32.2. The molecule has 0 saturated carbocycles. The second-order valence-corrected chi connectivity index (χ2v) is 9.83. The number of hydrogen-bond acceptors (Lipinski definition) is 11. The summed E-state index contributed by atoms with van der Waals surface area (Å²) in [5, 5.41) is 22.1. The molecule has 2 aliphatic heterocycles. The summed E-state index contributed by atoms with van der Waals surface area (Å²) < 4.78 is 3.39. The van der Waals surface area contributed by atoms with Gasteiger partial charge in [-0.25, -0.2) is 4.98 Å². The van der Waals surface area contributed by atoms with Crippen molar-refractivity contribution >= 4 is 64.0 Å². The number of aryl methyl sites for hydroxylation is 1. The molecule has 2 aromatic rings. The molecular formula is C20H22N8O6S2. The average Bonchev–Trinajstić information content (AvgIpc) is 3.38. The van der Waals surface area contributed by atoms with Crippen LogP contribution in [0.15, 0.2) is 28.0 Å². The van der Waals surface area contributed by atoms with E-state index in [0.29, 0.717) is 17.8 Å². The number of hydrogen-bond donors (Lipinski definition) is 3. The molecular weight excluding hydrogens is 512 g/mol. The van der Waals surface area contributed by atoms with Gasteiger partial charge in [0.15, 0.2) is 23.2 Å². The molecule has 0 aromatic carbocycles. The lowest BCUT2D eigenvalue weighted by molar-refractivity contribution is -0.765. The van der Waals surface area contributed by atoms with E-state index >= 15 is 0 Å². The highest BCUT2D eigenvalue weighted by molar-refractivity contribution is 8.00. The zero-order valence-corrected chi connectivity index (χ0v) is 21.0. The Morgan fingerprint density at radius 1 is 1.47 bits per heavy atom. The van der Waals surface area contributed by atoms with Crippen molar-refractivity contribution < 1.29 is 33.8 Å². The van der Waals surface area contributed by atoms with Crippen LogP contribution >= 0.6 is 23.1 Å². The van der Waals surface area contributed by atoms with E-state index in [9.17, 15) is 24.3 Å². The van der Waals surface area contributed by atoms with Gasteiger partial charge in [-0.05, 0) is 6.92 Å². The van der Waals surface area contributed by atoms with E-state index in [-0.39, 0.29) is 34.5 Å². The van der Waals surface area contributed by atoms with E-state index in [1.807, 2.05) is 0 Å². The number of carbonyl (C=O) groups excluding carboxylic acids is 4. The molecule has 36 heavy (non-hydrogen) atoms. The van der Waals surface area contributed by atoms with E-state index in [2.05, 4.69) is 20.8 Å². The lowest BCUT2D eigenvalue weighted by atomic mass is 10.0. The Morgan fingerprint density at radius 3 is 2.83 bits per heavy atom. The molecule has 14 nitrogen and oxygen atoms in total. The Hall–Kier alpha value is -3.92. The molecule has 0 aliphatic carbocycles. The minimum Gasteiger partial charge on any atom is -0.543 e. The number of thioether (sulfide) groups is 1. The lowest BCUT2D eigenvalue weighted by Crippen LogP contribution is -2.71. The number of carboxylic acids is 1. The third kappa shape index (κ3) is 4.39. The number of oxime groups is 1. The number of amides is 3. The van der Waals surface area contributed by atoms with Gasteiger partial charge >= 0.3 is 0 Å². The van der Waals surface area contributed by atoms with Crippen LogP contribution in [0.25, 0.3) is 0 Å². The number of rotatable bonds is 9. The molecule has 4 N–H and O–H groups in total. The number of anilines is 2. The van der Waals surface area contributed by atoms with Gasteiger partial charge < -0.3 is 31.1 Å². The zero-order valence-electron chi connectivity index (χ0n) is 19.4. The smallest absolute Gasteiger partial charge is 0.276 e. The van der Waals surface area contributed by atoms with Gasteiger partial charge in [0, 0.05) is 16.7 Å². The van der Waals surface area contributed by atoms with Gasteiger partial charge in [-0.1, -0.05) is 5.16 Å². The van der Waals surface area contributed by atoms with Crippen molar-refractivity contribution in [1.29, 1.82) is 0 Å². The summed E-state index contributed by atoms with van der Waals surface area (Å²) in [6, 6.07) is -0.982. The van der Waals surface area contributed by atoms with E-state index in [0.717, 1.165) is 21.8 Å². The van der Waals surface area contributed by atoms with Gasteiger partial charge in [-0.3, -0.25) is 19.3 Å². The predicted molar refractivity (Wildman–Crippen MR) is 127 cm³/mol. The fourth-order valence-corrected chi connectivity index (χ4v) is 5.94. The van der Waals surface area contributed by atoms with E-state index in [1.54, 1.807) is 29.5 Å². The zero-order chi connectivity index (χ0) is 26.1. The van der Waals surface area contributed by atoms with Crippen LogP contribution in [0.1, 0.15) is 11.3 Å².